The minimum atomic E-state index is 0.568. The maximum atomic E-state index is 6.26. The zero-order chi connectivity index (χ0) is 18.4. The summed E-state index contributed by atoms with van der Waals surface area (Å²) in [5, 5.41) is 12.8. The topological polar surface area (TPSA) is 51.1 Å². The summed E-state index contributed by atoms with van der Waals surface area (Å²) in [4.78, 5) is 0. The minimum Gasteiger partial charge on any atom is -0.385 e. The number of nitrogens with zero attached hydrogens (tertiary/aromatic N) is 2. The van der Waals surface area contributed by atoms with Crippen LogP contribution in [0.4, 0.5) is 5.69 Å². The van der Waals surface area contributed by atoms with Crippen LogP contribution < -0.4 is 10.6 Å². The van der Waals surface area contributed by atoms with Crippen molar-refractivity contribution in [2.24, 2.45) is 0 Å². The number of halogens is 2. The first-order valence-corrected chi connectivity index (χ1v) is 9.10. The molecule has 0 unspecified atom stereocenters. The van der Waals surface area contributed by atoms with Crippen LogP contribution in [0.15, 0.2) is 18.2 Å². The van der Waals surface area contributed by atoms with Crippen LogP contribution in [-0.2, 0) is 11.3 Å². The van der Waals surface area contributed by atoms with Gasteiger partial charge in [0, 0.05) is 30.3 Å². The first-order chi connectivity index (χ1) is 11.9. The third-order valence-electron chi connectivity index (χ3n) is 3.77. The summed E-state index contributed by atoms with van der Waals surface area (Å²) in [7, 11) is 1.69. The smallest absolute Gasteiger partial charge is 0.170 e. The molecule has 1 aromatic heterocycles. The Morgan fingerprint density at radius 3 is 2.76 bits per heavy atom. The van der Waals surface area contributed by atoms with Crippen LogP contribution in [0.3, 0.4) is 0 Å². The number of anilines is 1. The number of rotatable bonds is 7. The van der Waals surface area contributed by atoms with Crippen LogP contribution in [0.2, 0.25) is 10.0 Å². The zero-order valence-electron chi connectivity index (χ0n) is 14.5. The van der Waals surface area contributed by atoms with Crippen LogP contribution >= 0.6 is 35.4 Å². The van der Waals surface area contributed by atoms with Gasteiger partial charge in [-0.1, -0.05) is 29.3 Å². The van der Waals surface area contributed by atoms with E-state index < -0.39 is 0 Å². The summed E-state index contributed by atoms with van der Waals surface area (Å²) in [5.41, 5.74) is 3.74. The van der Waals surface area contributed by atoms with E-state index in [4.69, 9.17) is 40.2 Å². The number of nitrogens with one attached hydrogen (secondary N) is 2. The fourth-order valence-electron chi connectivity index (χ4n) is 2.42. The fraction of sp³-hybridized carbons (Fsp3) is 0.412. The lowest BCUT2D eigenvalue weighted by molar-refractivity contribution is 0.196. The molecule has 1 heterocycles. The lowest BCUT2D eigenvalue weighted by Crippen LogP contribution is -2.30. The lowest BCUT2D eigenvalue weighted by Gasteiger charge is -2.11. The molecule has 2 N–H and O–H groups in total. The Kier molecular flexibility index (Phi) is 7.50. The second kappa shape index (κ2) is 9.38. The van der Waals surface area contributed by atoms with E-state index >= 15 is 0 Å². The van der Waals surface area contributed by atoms with Crippen LogP contribution in [-0.4, -0.2) is 35.2 Å². The van der Waals surface area contributed by atoms with Crippen molar-refractivity contribution >= 4 is 46.2 Å². The molecule has 0 amide bonds. The van der Waals surface area contributed by atoms with Gasteiger partial charge in [-0.3, -0.25) is 4.68 Å². The summed E-state index contributed by atoms with van der Waals surface area (Å²) < 4.78 is 6.92. The normalized spacial score (nSPS) is 10.8. The number of benzene rings is 1. The van der Waals surface area contributed by atoms with Crippen molar-refractivity contribution < 1.29 is 4.74 Å². The van der Waals surface area contributed by atoms with Crippen LogP contribution in [0, 0.1) is 13.8 Å². The number of methoxy groups -OCH3 is 1. The second-order valence-electron chi connectivity index (χ2n) is 5.67. The van der Waals surface area contributed by atoms with E-state index in [-0.39, 0.29) is 0 Å². The van der Waals surface area contributed by atoms with E-state index in [2.05, 4.69) is 15.7 Å². The summed E-state index contributed by atoms with van der Waals surface area (Å²) in [5.74, 6) is 0. The Morgan fingerprint density at radius 2 is 2.08 bits per heavy atom. The molecular formula is C17H22Cl2N4OS. The molecule has 0 spiro atoms. The van der Waals surface area contributed by atoms with Crippen molar-refractivity contribution in [3.8, 4) is 0 Å². The van der Waals surface area contributed by atoms with Gasteiger partial charge >= 0.3 is 0 Å². The Hall–Kier alpha value is -1.34. The van der Waals surface area contributed by atoms with Crippen molar-refractivity contribution in [3.05, 3.63) is 45.2 Å². The Morgan fingerprint density at radius 1 is 1.32 bits per heavy atom. The SMILES string of the molecule is COCCCNC(=S)Nc1c(C)nn(Cc2ccc(Cl)cc2Cl)c1C. The molecule has 0 aliphatic heterocycles. The van der Waals surface area contributed by atoms with Crippen molar-refractivity contribution in [1.29, 1.82) is 0 Å². The van der Waals surface area contributed by atoms with Gasteiger partial charge in [-0.15, -0.1) is 0 Å². The summed E-state index contributed by atoms with van der Waals surface area (Å²) in [6.07, 6.45) is 0.893. The largest absolute Gasteiger partial charge is 0.385 e. The highest BCUT2D eigenvalue weighted by Gasteiger charge is 2.14. The standard InChI is InChI=1S/C17H22Cl2N4OS/c1-11-16(21-17(25)20-7-4-8-24-3)12(2)23(22-11)10-13-5-6-14(18)9-15(13)19/h5-6,9H,4,7-8,10H2,1-3H3,(H2,20,21,25). The molecule has 2 rings (SSSR count). The maximum Gasteiger partial charge on any atom is 0.170 e. The van der Waals surface area contributed by atoms with Gasteiger partial charge < -0.3 is 15.4 Å². The molecule has 0 aliphatic rings. The third-order valence-corrected chi connectivity index (χ3v) is 4.60. The molecule has 0 fully saturated rings. The molecule has 0 saturated carbocycles. The van der Waals surface area contributed by atoms with Crippen molar-refractivity contribution in [2.45, 2.75) is 26.8 Å². The third kappa shape index (κ3) is 5.57. The molecule has 0 aliphatic carbocycles. The first-order valence-electron chi connectivity index (χ1n) is 7.94. The molecule has 25 heavy (non-hydrogen) atoms. The maximum absolute atomic E-state index is 6.26. The van der Waals surface area contributed by atoms with Gasteiger partial charge in [0.25, 0.3) is 0 Å². The number of hydrogen-bond acceptors (Lipinski definition) is 3. The Bertz CT molecular complexity index is 748. The van der Waals surface area contributed by atoms with Gasteiger partial charge in [0.05, 0.1) is 23.6 Å². The minimum absolute atomic E-state index is 0.568. The highest BCUT2D eigenvalue weighted by molar-refractivity contribution is 7.80. The molecule has 0 radical (unpaired) electrons. The Balaban J connectivity index is 2.05. The van der Waals surface area contributed by atoms with Gasteiger partial charge in [0.1, 0.15) is 0 Å². The monoisotopic (exact) mass is 400 g/mol. The average molecular weight is 401 g/mol. The van der Waals surface area contributed by atoms with Gasteiger partial charge in [-0.05, 0) is 50.2 Å². The summed E-state index contributed by atoms with van der Waals surface area (Å²) in [6.45, 7) is 5.97. The van der Waals surface area contributed by atoms with Crippen molar-refractivity contribution in [2.75, 3.05) is 25.6 Å². The summed E-state index contributed by atoms with van der Waals surface area (Å²) >= 11 is 17.6. The lowest BCUT2D eigenvalue weighted by atomic mass is 10.2. The molecule has 2 aromatic rings. The number of aryl methyl sites for hydroxylation is 1. The van der Waals surface area contributed by atoms with Crippen molar-refractivity contribution in [3.63, 3.8) is 0 Å². The van der Waals surface area contributed by atoms with E-state index in [9.17, 15) is 0 Å². The number of hydrogen-bond donors (Lipinski definition) is 2. The molecule has 1 aromatic carbocycles. The molecule has 0 saturated heterocycles. The van der Waals surface area contributed by atoms with E-state index in [1.165, 1.54) is 0 Å². The number of ether oxygens (including phenoxy) is 1. The van der Waals surface area contributed by atoms with Gasteiger partial charge in [0.2, 0.25) is 0 Å². The molecule has 0 bridgehead atoms. The predicted octanol–water partition coefficient (Wildman–Crippen LogP) is 4.18. The van der Waals surface area contributed by atoms with Gasteiger partial charge in [-0.2, -0.15) is 5.10 Å². The highest BCUT2D eigenvalue weighted by atomic mass is 35.5. The summed E-state index contributed by atoms with van der Waals surface area (Å²) in [6, 6.07) is 5.48. The highest BCUT2D eigenvalue weighted by Crippen LogP contribution is 2.24. The van der Waals surface area contributed by atoms with E-state index in [1.54, 1.807) is 13.2 Å². The molecule has 0 atom stereocenters. The van der Waals surface area contributed by atoms with E-state index in [0.29, 0.717) is 28.3 Å². The molecule has 8 heteroatoms. The average Bonchev–Trinajstić information content (AvgIpc) is 2.82. The van der Waals surface area contributed by atoms with Crippen LogP contribution in [0.5, 0.6) is 0 Å². The molecule has 136 valence electrons. The first kappa shape index (κ1) is 20.0. The Labute approximate surface area is 163 Å². The van der Waals surface area contributed by atoms with Crippen LogP contribution in [0.25, 0.3) is 0 Å². The predicted molar refractivity (Wildman–Crippen MR) is 108 cm³/mol. The van der Waals surface area contributed by atoms with Gasteiger partial charge in [0.15, 0.2) is 5.11 Å². The molecule has 5 nitrogen and oxygen atoms in total. The van der Waals surface area contributed by atoms with Gasteiger partial charge in [-0.25, -0.2) is 0 Å². The number of aromatic nitrogens is 2. The van der Waals surface area contributed by atoms with E-state index in [1.807, 2.05) is 30.7 Å². The quantitative estimate of drug-likeness (QED) is 0.539. The van der Waals surface area contributed by atoms with Crippen LogP contribution in [0.1, 0.15) is 23.4 Å². The van der Waals surface area contributed by atoms with Crippen molar-refractivity contribution in [1.82, 2.24) is 15.1 Å². The second-order valence-corrected chi connectivity index (χ2v) is 6.92. The number of thiocarbonyl (C=S) groups is 1. The fourth-order valence-corrected chi connectivity index (χ4v) is 3.09. The zero-order valence-corrected chi connectivity index (χ0v) is 16.9. The molecular weight excluding hydrogens is 379 g/mol. The van der Waals surface area contributed by atoms with E-state index in [0.717, 1.165) is 35.6 Å².